The van der Waals surface area contributed by atoms with Crippen LogP contribution in [0.4, 0.5) is 0 Å². The van der Waals surface area contributed by atoms with Crippen molar-refractivity contribution >= 4 is 0 Å². The summed E-state index contributed by atoms with van der Waals surface area (Å²) in [5, 5.41) is 0. The first-order chi connectivity index (χ1) is 28.5. The summed E-state index contributed by atoms with van der Waals surface area (Å²) < 4.78 is 0. The van der Waals surface area contributed by atoms with Crippen LogP contribution in [0.2, 0.25) is 0 Å². The Hall–Kier alpha value is -7.23. The highest BCUT2D eigenvalue weighted by Gasteiger charge is 2.35. The Kier molecular flexibility index (Phi) is 7.90. The number of aromatic nitrogens is 3. The fraction of sp³-hybridized carbons (Fsp3) is 0.0727. The van der Waals surface area contributed by atoms with Gasteiger partial charge in [0.25, 0.3) is 0 Å². The van der Waals surface area contributed by atoms with E-state index in [0.717, 1.165) is 28.7 Å². The second kappa shape index (κ2) is 13.5. The minimum Gasteiger partial charge on any atom is -0.208 e. The normalized spacial score (nSPS) is 13.1. The highest BCUT2D eigenvalue weighted by Crippen LogP contribution is 2.50. The summed E-state index contributed by atoms with van der Waals surface area (Å²) in [7, 11) is 0. The zero-order valence-electron chi connectivity index (χ0n) is 32.4. The second-order valence-corrected chi connectivity index (χ2v) is 16.0. The fourth-order valence-corrected chi connectivity index (χ4v) is 9.16. The predicted octanol–water partition coefficient (Wildman–Crippen LogP) is 13.8. The Labute approximate surface area is 339 Å². The van der Waals surface area contributed by atoms with Crippen LogP contribution in [-0.2, 0) is 11.8 Å². The van der Waals surface area contributed by atoms with Crippen LogP contribution in [0.5, 0.6) is 0 Å². The van der Waals surface area contributed by atoms with Gasteiger partial charge in [0.15, 0.2) is 17.5 Å². The highest BCUT2D eigenvalue weighted by atomic mass is 15.0. The van der Waals surface area contributed by atoms with Crippen LogP contribution in [0.3, 0.4) is 0 Å². The predicted molar refractivity (Wildman–Crippen MR) is 238 cm³/mol. The Morgan fingerprint density at radius 2 is 0.845 bits per heavy atom. The van der Waals surface area contributed by atoms with E-state index >= 15 is 0 Å². The van der Waals surface area contributed by atoms with Gasteiger partial charge in [0.05, 0.1) is 0 Å². The van der Waals surface area contributed by atoms with Crippen LogP contribution in [0.15, 0.2) is 188 Å². The van der Waals surface area contributed by atoms with Gasteiger partial charge in [-0.15, -0.1) is 0 Å². The molecule has 0 fully saturated rings. The van der Waals surface area contributed by atoms with Crippen molar-refractivity contribution in [3.63, 3.8) is 0 Å². The van der Waals surface area contributed by atoms with Gasteiger partial charge in [0, 0.05) is 22.1 Å². The van der Waals surface area contributed by atoms with E-state index in [-0.39, 0.29) is 5.41 Å². The van der Waals surface area contributed by atoms with Crippen molar-refractivity contribution in [3.8, 4) is 89.8 Å². The van der Waals surface area contributed by atoms with E-state index in [0.29, 0.717) is 17.5 Å². The molecular formula is C55H39N3. The monoisotopic (exact) mass is 741 g/mol. The molecule has 0 spiro atoms. The lowest BCUT2D eigenvalue weighted by molar-refractivity contribution is 0.660. The molecule has 11 rings (SSSR count). The molecule has 2 aliphatic carbocycles. The molecule has 274 valence electrons. The number of benzene rings is 8. The number of hydrogen-bond donors (Lipinski definition) is 0. The van der Waals surface area contributed by atoms with Crippen molar-refractivity contribution < 1.29 is 0 Å². The molecule has 1 aromatic heterocycles. The summed E-state index contributed by atoms with van der Waals surface area (Å²) in [6, 6.07) is 67.6. The molecule has 0 unspecified atom stereocenters. The average Bonchev–Trinajstić information content (AvgIpc) is 3.77. The lowest BCUT2D eigenvalue weighted by Crippen LogP contribution is -2.14. The molecule has 0 saturated heterocycles. The zero-order chi connectivity index (χ0) is 38.8. The van der Waals surface area contributed by atoms with Gasteiger partial charge in [-0.2, -0.15) is 0 Å². The number of rotatable bonds is 6. The fourth-order valence-electron chi connectivity index (χ4n) is 9.16. The van der Waals surface area contributed by atoms with E-state index in [9.17, 15) is 0 Å². The van der Waals surface area contributed by atoms with Crippen molar-refractivity contribution in [1.82, 2.24) is 15.0 Å². The highest BCUT2D eigenvalue weighted by molar-refractivity contribution is 5.92. The third kappa shape index (κ3) is 5.70. The summed E-state index contributed by atoms with van der Waals surface area (Å²) in [6.45, 7) is 4.71. The molecule has 3 heteroatoms. The first-order valence-electron chi connectivity index (χ1n) is 20.1. The summed E-state index contributed by atoms with van der Waals surface area (Å²) in [4.78, 5) is 15.1. The van der Waals surface area contributed by atoms with Gasteiger partial charge >= 0.3 is 0 Å². The van der Waals surface area contributed by atoms with Gasteiger partial charge in [-0.1, -0.05) is 172 Å². The maximum absolute atomic E-state index is 5.06. The summed E-state index contributed by atoms with van der Waals surface area (Å²) in [6.07, 6.45) is 0.869. The Morgan fingerprint density at radius 3 is 1.55 bits per heavy atom. The van der Waals surface area contributed by atoms with Crippen LogP contribution >= 0.6 is 0 Å². The molecule has 9 aromatic rings. The standard InChI is InChI=1S/C55H39N3/c1-55(2)50-24-13-12-23-44(50)45-28-27-39(34-51(45)55)38-25-26-41-31-48-47(32-43(33-49(48)46(41)30-38)35-15-6-3-7-16-35)40-21-14-22-42(29-40)54-57-52(36-17-8-4-9-18-36)56-53(58-54)37-19-10-5-11-20-37/h3-30,32-34H,31H2,1-2H3. The number of nitrogens with zero attached hydrogens (tertiary/aromatic N) is 3. The zero-order valence-corrected chi connectivity index (χ0v) is 32.4. The van der Waals surface area contributed by atoms with E-state index in [1.807, 2.05) is 36.4 Å². The Morgan fingerprint density at radius 1 is 0.328 bits per heavy atom. The molecular weight excluding hydrogens is 703 g/mol. The van der Waals surface area contributed by atoms with Crippen LogP contribution in [0.1, 0.15) is 36.1 Å². The molecule has 1 heterocycles. The van der Waals surface area contributed by atoms with Gasteiger partial charge in [0.2, 0.25) is 0 Å². The Bertz CT molecular complexity index is 2980. The van der Waals surface area contributed by atoms with Gasteiger partial charge in [-0.3, -0.25) is 0 Å². The topological polar surface area (TPSA) is 38.7 Å². The van der Waals surface area contributed by atoms with Crippen molar-refractivity contribution in [1.29, 1.82) is 0 Å². The molecule has 0 saturated carbocycles. The second-order valence-electron chi connectivity index (χ2n) is 16.0. The van der Waals surface area contributed by atoms with Gasteiger partial charge < -0.3 is 0 Å². The van der Waals surface area contributed by atoms with Crippen LogP contribution in [0.25, 0.3) is 89.8 Å². The lowest BCUT2D eigenvalue weighted by Gasteiger charge is -2.22. The van der Waals surface area contributed by atoms with E-state index in [1.54, 1.807) is 0 Å². The van der Waals surface area contributed by atoms with Crippen molar-refractivity contribution in [2.24, 2.45) is 0 Å². The molecule has 0 aliphatic heterocycles. The molecule has 3 nitrogen and oxygen atoms in total. The van der Waals surface area contributed by atoms with E-state index in [4.69, 9.17) is 15.0 Å². The van der Waals surface area contributed by atoms with Gasteiger partial charge in [-0.05, 0) is 115 Å². The number of fused-ring (bicyclic) bond motifs is 6. The van der Waals surface area contributed by atoms with E-state index in [2.05, 4.69) is 166 Å². The molecule has 8 aromatic carbocycles. The SMILES string of the molecule is CC1(C)c2ccccc2-c2ccc(-c3ccc4c(c3)-c3cc(-c5ccccc5)cc(-c5cccc(-c6nc(-c7ccccc7)nc(-c7ccccc7)n6)c5)c3C4)cc21. The van der Waals surface area contributed by atoms with Crippen LogP contribution < -0.4 is 0 Å². The summed E-state index contributed by atoms with van der Waals surface area (Å²) in [5.74, 6) is 1.97. The first-order valence-corrected chi connectivity index (χ1v) is 20.1. The van der Waals surface area contributed by atoms with Gasteiger partial charge in [-0.25, -0.2) is 15.0 Å². The number of hydrogen-bond acceptors (Lipinski definition) is 3. The van der Waals surface area contributed by atoms with E-state index in [1.165, 1.54) is 72.3 Å². The molecule has 0 atom stereocenters. The minimum atomic E-state index is -0.0488. The maximum atomic E-state index is 5.06. The molecule has 0 bridgehead atoms. The molecule has 2 aliphatic rings. The van der Waals surface area contributed by atoms with Crippen molar-refractivity contribution in [2.75, 3.05) is 0 Å². The summed E-state index contributed by atoms with van der Waals surface area (Å²) in [5.41, 5.74) is 20.9. The smallest absolute Gasteiger partial charge is 0.164 e. The quantitative estimate of drug-likeness (QED) is 0.170. The molecule has 0 amide bonds. The van der Waals surface area contributed by atoms with Crippen molar-refractivity contribution in [2.45, 2.75) is 25.7 Å². The minimum absolute atomic E-state index is 0.0488. The van der Waals surface area contributed by atoms with Crippen LogP contribution in [0, 0.1) is 0 Å². The van der Waals surface area contributed by atoms with Gasteiger partial charge in [0.1, 0.15) is 0 Å². The third-order valence-corrected chi connectivity index (χ3v) is 12.2. The molecule has 0 radical (unpaired) electrons. The van der Waals surface area contributed by atoms with Crippen molar-refractivity contribution in [3.05, 3.63) is 210 Å². The Balaban J connectivity index is 1.04. The average molecular weight is 742 g/mol. The first kappa shape index (κ1) is 34.1. The van der Waals surface area contributed by atoms with Crippen LogP contribution in [-0.4, -0.2) is 15.0 Å². The lowest BCUT2D eigenvalue weighted by atomic mass is 9.81. The third-order valence-electron chi connectivity index (χ3n) is 12.2. The maximum Gasteiger partial charge on any atom is 0.164 e. The molecule has 0 N–H and O–H groups in total. The summed E-state index contributed by atoms with van der Waals surface area (Å²) >= 11 is 0. The molecule has 58 heavy (non-hydrogen) atoms. The van der Waals surface area contributed by atoms with E-state index < -0.39 is 0 Å². The largest absolute Gasteiger partial charge is 0.208 e.